The summed E-state index contributed by atoms with van der Waals surface area (Å²) in [5.74, 6) is 0. The fourth-order valence-corrected chi connectivity index (χ4v) is 9.25. The lowest BCUT2D eigenvalue weighted by Gasteiger charge is -2.23. The molecule has 0 atom stereocenters. The maximum atomic E-state index is 2.51. The van der Waals surface area contributed by atoms with Gasteiger partial charge in [-0.1, -0.05) is 147 Å². The van der Waals surface area contributed by atoms with Gasteiger partial charge in [0.05, 0.1) is 22.1 Å². The maximum absolute atomic E-state index is 2.51. The molecule has 0 radical (unpaired) electrons. The van der Waals surface area contributed by atoms with E-state index >= 15 is 0 Å². The lowest BCUT2D eigenvalue weighted by atomic mass is 9.81. The minimum atomic E-state index is -0.148. The summed E-state index contributed by atoms with van der Waals surface area (Å²) in [5.41, 5.74) is 17.4. The average molecular weight is 677 g/mol. The maximum Gasteiger partial charge on any atom is 0.0625 e. The number of benzene rings is 8. The van der Waals surface area contributed by atoms with Crippen LogP contribution in [0.1, 0.15) is 25.0 Å². The van der Waals surface area contributed by atoms with E-state index in [1.165, 1.54) is 93.8 Å². The molecule has 0 spiro atoms. The van der Waals surface area contributed by atoms with Crippen LogP contribution in [0.25, 0.3) is 88.4 Å². The first kappa shape index (κ1) is 30.0. The van der Waals surface area contributed by atoms with Gasteiger partial charge >= 0.3 is 0 Å². The van der Waals surface area contributed by atoms with Gasteiger partial charge in [0.25, 0.3) is 0 Å². The molecule has 0 N–H and O–H groups in total. The molecule has 53 heavy (non-hydrogen) atoms. The minimum Gasteiger partial charge on any atom is -0.309 e. The summed E-state index contributed by atoms with van der Waals surface area (Å²) >= 11 is 0. The molecule has 0 saturated heterocycles. The van der Waals surface area contributed by atoms with E-state index in [9.17, 15) is 0 Å². The first-order valence-electron chi connectivity index (χ1n) is 18.5. The van der Waals surface area contributed by atoms with Crippen molar-refractivity contribution in [2.75, 3.05) is 0 Å². The smallest absolute Gasteiger partial charge is 0.0625 e. The second-order valence-electron chi connectivity index (χ2n) is 14.9. The van der Waals surface area contributed by atoms with E-state index in [1.807, 2.05) is 0 Å². The predicted octanol–water partition coefficient (Wildman–Crippen LogP) is 13.5. The van der Waals surface area contributed by atoms with Crippen LogP contribution in [0.3, 0.4) is 0 Å². The largest absolute Gasteiger partial charge is 0.309 e. The summed E-state index contributed by atoms with van der Waals surface area (Å²) in [7, 11) is 0. The molecule has 11 rings (SSSR count). The fraction of sp³-hybridized carbons (Fsp3) is 0.0588. The number of hydrogen-bond acceptors (Lipinski definition) is 0. The lowest BCUT2D eigenvalue weighted by molar-refractivity contribution is 0.661. The molecule has 1 aliphatic rings. The van der Waals surface area contributed by atoms with Gasteiger partial charge in [0.2, 0.25) is 0 Å². The first-order valence-corrected chi connectivity index (χ1v) is 18.5. The van der Waals surface area contributed by atoms with Gasteiger partial charge in [-0.2, -0.15) is 0 Å². The zero-order chi connectivity index (χ0) is 35.3. The number of hydrogen-bond donors (Lipinski definition) is 0. The van der Waals surface area contributed by atoms with Crippen molar-refractivity contribution in [2.45, 2.75) is 19.3 Å². The quantitative estimate of drug-likeness (QED) is 0.176. The number of nitrogens with zero attached hydrogens (tertiary/aromatic N) is 2. The van der Waals surface area contributed by atoms with Gasteiger partial charge in [-0.15, -0.1) is 0 Å². The van der Waals surface area contributed by atoms with Crippen LogP contribution in [0.5, 0.6) is 0 Å². The Hall–Kier alpha value is -6.64. The van der Waals surface area contributed by atoms with Crippen molar-refractivity contribution >= 4 is 43.6 Å². The van der Waals surface area contributed by atoms with E-state index in [-0.39, 0.29) is 5.41 Å². The first-order chi connectivity index (χ1) is 26.1. The Balaban J connectivity index is 1.24. The van der Waals surface area contributed by atoms with Gasteiger partial charge in [0.15, 0.2) is 0 Å². The molecule has 0 amide bonds. The lowest BCUT2D eigenvalue weighted by Crippen LogP contribution is -2.15. The van der Waals surface area contributed by atoms with Crippen molar-refractivity contribution in [2.24, 2.45) is 0 Å². The van der Waals surface area contributed by atoms with Crippen LogP contribution in [0.15, 0.2) is 182 Å². The van der Waals surface area contributed by atoms with E-state index in [2.05, 4.69) is 205 Å². The van der Waals surface area contributed by atoms with Crippen LogP contribution in [-0.4, -0.2) is 9.13 Å². The second-order valence-corrected chi connectivity index (χ2v) is 14.9. The summed E-state index contributed by atoms with van der Waals surface area (Å²) in [5, 5.41) is 5.12. The Morgan fingerprint density at radius 3 is 1.72 bits per heavy atom. The number of para-hydroxylation sites is 3. The van der Waals surface area contributed by atoms with Crippen LogP contribution in [-0.2, 0) is 5.41 Å². The van der Waals surface area contributed by atoms with E-state index in [4.69, 9.17) is 0 Å². The third-order valence-corrected chi connectivity index (χ3v) is 11.7. The summed E-state index contributed by atoms with van der Waals surface area (Å²) in [6, 6.07) is 67.0. The Labute approximate surface area is 308 Å². The monoisotopic (exact) mass is 676 g/mol. The van der Waals surface area contributed by atoms with E-state index < -0.39 is 0 Å². The molecule has 1 aliphatic carbocycles. The summed E-state index contributed by atoms with van der Waals surface area (Å²) in [6.07, 6.45) is 0. The molecule has 0 unspecified atom stereocenters. The molecule has 2 nitrogen and oxygen atoms in total. The Kier molecular flexibility index (Phi) is 6.33. The third-order valence-electron chi connectivity index (χ3n) is 11.7. The van der Waals surface area contributed by atoms with Crippen molar-refractivity contribution < 1.29 is 0 Å². The number of aromatic nitrogens is 2. The number of fused-ring (bicyclic) bond motifs is 10. The average Bonchev–Trinajstić information content (AvgIpc) is 3.81. The molecule has 250 valence electrons. The van der Waals surface area contributed by atoms with Gasteiger partial charge in [-0.25, -0.2) is 0 Å². The Morgan fingerprint density at radius 1 is 0.377 bits per heavy atom. The highest BCUT2D eigenvalue weighted by molar-refractivity contribution is 6.22. The van der Waals surface area contributed by atoms with Gasteiger partial charge in [-0.3, -0.25) is 0 Å². The minimum absolute atomic E-state index is 0.148. The molecule has 8 aromatic carbocycles. The van der Waals surface area contributed by atoms with Crippen molar-refractivity contribution in [3.05, 3.63) is 193 Å². The van der Waals surface area contributed by atoms with Crippen molar-refractivity contribution in [1.82, 2.24) is 9.13 Å². The normalized spacial score (nSPS) is 13.2. The van der Waals surface area contributed by atoms with E-state index in [0.29, 0.717) is 0 Å². The van der Waals surface area contributed by atoms with Gasteiger partial charge in [-0.05, 0) is 87.5 Å². The highest BCUT2D eigenvalue weighted by atomic mass is 15.0. The van der Waals surface area contributed by atoms with Crippen LogP contribution in [0.2, 0.25) is 0 Å². The highest BCUT2D eigenvalue weighted by Gasteiger charge is 2.38. The molecule has 2 aromatic heterocycles. The van der Waals surface area contributed by atoms with Crippen molar-refractivity contribution in [3.8, 4) is 44.8 Å². The fourth-order valence-electron chi connectivity index (χ4n) is 9.25. The SMILES string of the molecule is CC1(C)c2ccccc2-c2c1cc(-c1ccc3c4ccccc4n(-c4ccc(-c5ccccc5)cc4)c3c1)c1c2c2ccccc2n1-c1ccccc1. The van der Waals surface area contributed by atoms with Gasteiger partial charge in [0.1, 0.15) is 0 Å². The Morgan fingerprint density at radius 2 is 0.943 bits per heavy atom. The Bertz CT molecular complexity index is 3050. The standard InChI is InChI=1S/C51H36N2/c1-51(2)43-22-12-9-20-40(43)48-44(51)32-42(50-49(48)41-21-11-14-24-46(41)53(50)36-17-7-4-8-18-36)35-27-30-39-38-19-10-13-23-45(38)52(47(39)31-35)37-28-25-34(26-29-37)33-15-5-3-6-16-33/h3-32H,1-2H3. The summed E-state index contributed by atoms with van der Waals surface area (Å²) in [6.45, 7) is 4.79. The summed E-state index contributed by atoms with van der Waals surface area (Å²) in [4.78, 5) is 0. The van der Waals surface area contributed by atoms with Crippen molar-refractivity contribution in [1.29, 1.82) is 0 Å². The molecular weight excluding hydrogens is 641 g/mol. The zero-order valence-electron chi connectivity index (χ0n) is 29.7. The molecule has 0 bridgehead atoms. The molecule has 0 fully saturated rings. The molecule has 10 aromatic rings. The van der Waals surface area contributed by atoms with Gasteiger partial charge in [0, 0.05) is 43.9 Å². The molecular formula is C51H36N2. The topological polar surface area (TPSA) is 9.86 Å². The van der Waals surface area contributed by atoms with Crippen LogP contribution >= 0.6 is 0 Å². The molecule has 0 aliphatic heterocycles. The van der Waals surface area contributed by atoms with Crippen LogP contribution < -0.4 is 0 Å². The van der Waals surface area contributed by atoms with Crippen molar-refractivity contribution in [3.63, 3.8) is 0 Å². The van der Waals surface area contributed by atoms with Gasteiger partial charge < -0.3 is 9.13 Å². The van der Waals surface area contributed by atoms with Crippen LogP contribution in [0, 0.1) is 0 Å². The summed E-state index contributed by atoms with van der Waals surface area (Å²) < 4.78 is 4.94. The predicted molar refractivity (Wildman–Crippen MR) is 224 cm³/mol. The third kappa shape index (κ3) is 4.27. The second kappa shape index (κ2) is 11.2. The van der Waals surface area contributed by atoms with E-state index in [0.717, 1.165) is 5.69 Å². The number of rotatable bonds is 4. The molecule has 2 heterocycles. The van der Waals surface area contributed by atoms with Crippen LogP contribution in [0.4, 0.5) is 0 Å². The molecule has 2 heteroatoms. The highest BCUT2D eigenvalue weighted by Crippen LogP contribution is 2.55. The van der Waals surface area contributed by atoms with E-state index in [1.54, 1.807) is 0 Å². The molecule has 0 saturated carbocycles. The zero-order valence-corrected chi connectivity index (χ0v) is 29.7.